The van der Waals surface area contributed by atoms with Gasteiger partial charge in [-0.15, -0.1) is 0 Å². The Balaban J connectivity index is 2.24. The third-order valence-electron chi connectivity index (χ3n) is 2.78. The Labute approximate surface area is 89.3 Å². The average Bonchev–Trinajstić information content (AvgIpc) is 2.69. The van der Waals surface area contributed by atoms with Gasteiger partial charge >= 0.3 is 0 Å². The van der Waals surface area contributed by atoms with Crippen molar-refractivity contribution in [3.05, 3.63) is 29.3 Å². The fourth-order valence-electron chi connectivity index (χ4n) is 1.91. The molecule has 1 aromatic rings. The highest BCUT2D eigenvalue weighted by Gasteiger charge is 2.21. The number of carbonyl (C=O) groups excluding carboxylic acids is 1. The molecule has 1 heterocycles. The summed E-state index contributed by atoms with van der Waals surface area (Å²) in [5, 5.41) is 9.67. The minimum Gasteiger partial charge on any atom is -0.507 e. The number of likely N-dealkylation sites (tertiary alicyclic amines) is 1. The van der Waals surface area contributed by atoms with Crippen LogP contribution < -0.4 is 0 Å². The molecule has 0 spiro atoms. The van der Waals surface area contributed by atoms with Crippen LogP contribution in [0.25, 0.3) is 0 Å². The second-order valence-corrected chi connectivity index (χ2v) is 4.02. The van der Waals surface area contributed by atoms with Gasteiger partial charge in [-0.25, -0.2) is 0 Å². The standard InChI is InChI=1S/C12H15NO2/c1-9-4-5-10(11(14)8-9)12(15)13-6-2-3-7-13/h4-5,8,14H,2-3,6-7H2,1H3. The molecule has 1 fully saturated rings. The summed E-state index contributed by atoms with van der Waals surface area (Å²) in [7, 11) is 0. The van der Waals surface area contributed by atoms with Gasteiger partial charge in [-0.3, -0.25) is 4.79 Å². The smallest absolute Gasteiger partial charge is 0.257 e. The van der Waals surface area contributed by atoms with Crippen LogP contribution in [0.5, 0.6) is 5.75 Å². The van der Waals surface area contributed by atoms with Crippen molar-refractivity contribution in [1.82, 2.24) is 4.90 Å². The summed E-state index contributed by atoms with van der Waals surface area (Å²) in [4.78, 5) is 13.7. The van der Waals surface area contributed by atoms with E-state index in [1.807, 2.05) is 13.0 Å². The van der Waals surface area contributed by atoms with Gasteiger partial charge in [0.25, 0.3) is 5.91 Å². The van der Waals surface area contributed by atoms with Crippen LogP contribution in [0.15, 0.2) is 18.2 Å². The van der Waals surface area contributed by atoms with E-state index in [0.29, 0.717) is 5.56 Å². The average molecular weight is 205 g/mol. The van der Waals surface area contributed by atoms with Crippen LogP contribution in [0, 0.1) is 6.92 Å². The van der Waals surface area contributed by atoms with Crippen molar-refractivity contribution in [1.29, 1.82) is 0 Å². The Bertz CT molecular complexity index is 381. The summed E-state index contributed by atoms with van der Waals surface area (Å²) in [6.45, 7) is 3.52. The minimum absolute atomic E-state index is 0.0509. The van der Waals surface area contributed by atoms with Gasteiger partial charge in [-0.1, -0.05) is 6.07 Å². The maximum atomic E-state index is 11.9. The minimum atomic E-state index is -0.0509. The lowest BCUT2D eigenvalue weighted by Crippen LogP contribution is -2.27. The fraction of sp³-hybridized carbons (Fsp3) is 0.417. The number of hydrogen-bond acceptors (Lipinski definition) is 2. The number of phenolic OH excluding ortho intramolecular Hbond substituents is 1. The van der Waals surface area contributed by atoms with E-state index in [-0.39, 0.29) is 11.7 Å². The van der Waals surface area contributed by atoms with Crippen LogP contribution in [-0.2, 0) is 0 Å². The van der Waals surface area contributed by atoms with Gasteiger partial charge in [0, 0.05) is 13.1 Å². The number of nitrogens with zero attached hydrogens (tertiary/aromatic N) is 1. The maximum absolute atomic E-state index is 11.9. The van der Waals surface area contributed by atoms with Crippen molar-refractivity contribution in [2.24, 2.45) is 0 Å². The van der Waals surface area contributed by atoms with Crippen molar-refractivity contribution < 1.29 is 9.90 Å². The van der Waals surface area contributed by atoms with Gasteiger partial charge in [-0.2, -0.15) is 0 Å². The summed E-state index contributed by atoms with van der Waals surface area (Å²) in [6.07, 6.45) is 2.14. The van der Waals surface area contributed by atoms with E-state index in [4.69, 9.17) is 0 Å². The number of rotatable bonds is 1. The lowest BCUT2D eigenvalue weighted by molar-refractivity contribution is 0.0790. The molecule has 0 atom stereocenters. The molecule has 0 radical (unpaired) electrons. The number of carbonyl (C=O) groups is 1. The first kappa shape index (κ1) is 10.0. The topological polar surface area (TPSA) is 40.5 Å². The predicted octanol–water partition coefficient (Wildman–Crippen LogP) is 1.94. The SMILES string of the molecule is Cc1ccc(C(=O)N2CCCC2)c(O)c1. The van der Waals surface area contributed by atoms with E-state index in [1.165, 1.54) is 0 Å². The monoisotopic (exact) mass is 205 g/mol. The van der Waals surface area contributed by atoms with E-state index >= 15 is 0 Å². The Morgan fingerprint density at radius 2 is 2.00 bits per heavy atom. The van der Waals surface area contributed by atoms with Crippen LogP contribution in [0.4, 0.5) is 0 Å². The number of phenols is 1. The summed E-state index contributed by atoms with van der Waals surface area (Å²) in [5.74, 6) is 0.0388. The molecule has 1 amide bonds. The lowest BCUT2D eigenvalue weighted by Gasteiger charge is -2.15. The first-order valence-corrected chi connectivity index (χ1v) is 5.27. The highest BCUT2D eigenvalue weighted by Crippen LogP contribution is 2.22. The quantitative estimate of drug-likeness (QED) is 0.761. The molecule has 1 N–H and O–H groups in total. The van der Waals surface area contributed by atoms with Gasteiger partial charge < -0.3 is 10.0 Å². The fourth-order valence-corrected chi connectivity index (χ4v) is 1.91. The van der Waals surface area contributed by atoms with Gasteiger partial charge in [0.05, 0.1) is 5.56 Å². The highest BCUT2D eigenvalue weighted by molar-refractivity contribution is 5.97. The Morgan fingerprint density at radius 1 is 1.33 bits per heavy atom. The molecule has 0 bridgehead atoms. The van der Waals surface area contributed by atoms with E-state index < -0.39 is 0 Å². The summed E-state index contributed by atoms with van der Waals surface area (Å²) < 4.78 is 0. The number of aryl methyl sites for hydroxylation is 1. The third kappa shape index (κ3) is 1.96. The van der Waals surface area contributed by atoms with Crippen molar-refractivity contribution in [3.63, 3.8) is 0 Å². The molecule has 2 rings (SSSR count). The normalized spacial score (nSPS) is 15.7. The predicted molar refractivity (Wildman–Crippen MR) is 58.0 cm³/mol. The Hall–Kier alpha value is -1.51. The van der Waals surface area contributed by atoms with Crippen LogP contribution >= 0.6 is 0 Å². The van der Waals surface area contributed by atoms with Crippen molar-refractivity contribution in [2.45, 2.75) is 19.8 Å². The molecule has 0 unspecified atom stereocenters. The van der Waals surface area contributed by atoms with Crippen molar-refractivity contribution in [2.75, 3.05) is 13.1 Å². The molecule has 1 aliphatic heterocycles. The molecule has 80 valence electrons. The summed E-state index contributed by atoms with van der Waals surface area (Å²) in [6, 6.07) is 5.18. The van der Waals surface area contributed by atoms with Crippen molar-refractivity contribution >= 4 is 5.91 Å². The van der Waals surface area contributed by atoms with E-state index in [9.17, 15) is 9.90 Å². The summed E-state index contributed by atoms with van der Waals surface area (Å²) in [5.41, 5.74) is 1.38. The summed E-state index contributed by atoms with van der Waals surface area (Å²) >= 11 is 0. The molecular formula is C12H15NO2. The molecule has 0 saturated carbocycles. The molecule has 0 aromatic heterocycles. The second kappa shape index (κ2) is 3.93. The molecule has 3 nitrogen and oxygen atoms in total. The van der Waals surface area contributed by atoms with Gasteiger partial charge in [0.1, 0.15) is 5.75 Å². The van der Waals surface area contributed by atoms with Crippen LogP contribution in [0.3, 0.4) is 0 Å². The van der Waals surface area contributed by atoms with Crippen LogP contribution in [0.2, 0.25) is 0 Å². The molecule has 0 aliphatic carbocycles. The highest BCUT2D eigenvalue weighted by atomic mass is 16.3. The van der Waals surface area contributed by atoms with Crippen LogP contribution in [0.1, 0.15) is 28.8 Å². The molecule has 3 heteroatoms. The van der Waals surface area contributed by atoms with Gasteiger partial charge in [-0.05, 0) is 37.5 Å². The zero-order valence-electron chi connectivity index (χ0n) is 8.86. The molecule has 1 aromatic carbocycles. The molecule has 15 heavy (non-hydrogen) atoms. The van der Waals surface area contributed by atoms with Crippen molar-refractivity contribution in [3.8, 4) is 5.75 Å². The number of amides is 1. The largest absolute Gasteiger partial charge is 0.507 e. The van der Waals surface area contributed by atoms with Crippen LogP contribution in [-0.4, -0.2) is 29.0 Å². The number of benzene rings is 1. The Morgan fingerprint density at radius 3 is 2.60 bits per heavy atom. The number of hydrogen-bond donors (Lipinski definition) is 1. The van der Waals surface area contributed by atoms with E-state index in [2.05, 4.69) is 0 Å². The lowest BCUT2D eigenvalue weighted by atomic mass is 10.1. The first-order valence-electron chi connectivity index (χ1n) is 5.27. The maximum Gasteiger partial charge on any atom is 0.257 e. The molecule has 1 saturated heterocycles. The molecular weight excluding hydrogens is 190 g/mol. The van der Waals surface area contributed by atoms with E-state index in [1.54, 1.807) is 17.0 Å². The zero-order chi connectivity index (χ0) is 10.8. The van der Waals surface area contributed by atoms with Gasteiger partial charge in [0.15, 0.2) is 0 Å². The second-order valence-electron chi connectivity index (χ2n) is 4.02. The first-order chi connectivity index (χ1) is 7.18. The molecule has 1 aliphatic rings. The van der Waals surface area contributed by atoms with Gasteiger partial charge in [0.2, 0.25) is 0 Å². The Kier molecular flexibility index (Phi) is 2.62. The van der Waals surface area contributed by atoms with E-state index in [0.717, 1.165) is 31.5 Å². The third-order valence-corrected chi connectivity index (χ3v) is 2.78. The number of aromatic hydroxyl groups is 1. The zero-order valence-corrected chi connectivity index (χ0v) is 8.86.